The van der Waals surface area contributed by atoms with E-state index in [9.17, 15) is 0 Å². The lowest BCUT2D eigenvalue weighted by atomic mass is 9.95. The van der Waals surface area contributed by atoms with Crippen LogP contribution in [-0.2, 0) is 6.54 Å². The molecule has 2 rings (SSSR count). The molecule has 0 amide bonds. The highest BCUT2D eigenvalue weighted by Gasteiger charge is 2.30. The van der Waals surface area contributed by atoms with Crippen molar-refractivity contribution in [3.8, 4) is 0 Å². The van der Waals surface area contributed by atoms with Crippen molar-refractivity contribution in [3.05, 3.63) is 22.4 Å². The third-order valence-corrected chi connectivity index (χ3v) is 4.87. The number of hydrogen-bond acceptors (Lipinski definition) is 3. The van der Waals surface area contributed by atoms with Gasteiger partial charge in [-0.05, 0) is 29.7 Å². The van der Waals surface area contributed by atoms with E-state index < -0.39 is 0 Å². The van der Waals surface area contributed by atoms with E-state index in [1.54, 1.807) is 0 Å². The van der Waals surface area contributed by atoms with Crippen LogP contribution in [0, 0.1) is 11.8 Å². The molecule has 1 aromatic heterocycles. The van der Waals surface area contributed by atoms with Gasteiger partial charge >= 0.3 is 0 Å². The number of piperazine rings is 1. The zero-order valence-electron chi connectivity index (χ0n) is 12.7. The van der Waals surface area contributed by atoms with Crippen molar-refractivity contribution in [1.82, 2.24) is 10.2 Å². The molecule has 1 N–H and O–H groups in total. The number of rotatable bonds is 5. The van der Waals surface area contributed by atoms with Crippen molar-refractivity contribution in [3.63, 3.8) is 0 Å². The molecule has 0 saturated carbocycles. The van der Waals surface area contributed by atoms with Crippen LogP contribution in [0.4, 0.5) is 0 Å². The maximum atomic E-state index is 3.75. The summed E-state index contributed by atoms with van der Waals surface area (Å²) in [6.45, 7) is 12.8. The Morgan fingerprint density at radius 1 is 1.37 bits per heavy atom. The van der Waals surface area contributed by atoms with Crippen LogP contribution in [0.3, 0.4) is 0 Å². The van der Waals surface area contributed by atoms with Crippen molar-refractivity contribution < 1.29 is 0 Å². The fourth-order valence-electron chi connectivity index (χ4n) is 3.07. The van der Waals surface area contributed by atoms with E-state index in [0.717, 1.165) is 19.0 Å². The summed E-state index contributed by atoms with van der Waals surface area (Å²) in [5, 5.41) is 5.94. The molecule has 2 unspecified atom stereocenters. The molecule has 0 aromatic carbocycles. The molecule has 0 spiro atoms. The summed E-state index contributed by atoms with van der Waals surface area (Å²) in [4.78, 5) is 4.19. The predicted octanol–water partition coefficient (Wildman–Crippen LogP) is 3.59. The molecule has 19 heavy (non-hydrogen) atoms. The number of hydrogen-bond donors (Lipinski definition) is 1. The van der Waals surface area contributed by atoms with Gasteiger partial charge in [0.2, 0.25) is 0 Å². The highest BCUT2D eigenvalue weighted by Crippen LogP contribution is 2.22. The molecule has 2 nitrogen and oxygen atoms in total. The first-order chi connectivity index (χ1) is 9.06. The standard InChI is InChI=1S/C16H28N2S/c1-12(2)8-14-10-18(11-15-6-5-7-19-15)16(9-17-14)13(3)4/h5-7,12-14,16-17H,8-11H2,1-4H3. The number of nitrogens with one attached hydrogen (secondary N) is 1. The fraction of sp³-hybridized carbons (Fsp3) is 0.750. The van der Waals surface area contributed by atoms with E-state index >= 15 is 0 Å². The molecule has 2 atom stereocenters. The summed E-state index contributed by atoms with van der Waals surface area (Å²) >= 11 is 1.88. The van der Waals surface area contributed by atoms with Crippen molar-refractivity contribution in [2.24, 2.45) is 11.8 Å². The second-order valence-electron chi connectivity index (χ2n) is 6.55. The largest absolute Gasteiger partial charge is 0.311 e. The average Bonchev–Trinajstić information content (AvgIpc) is 2.80. The second kappa shape index (κ2) is 6.87. The van der Waals surface area contributed by atoms with Gasteiger partial charge in [-0.3, -0.25) is 4.90 Å². The summed E-state index contributed by atoms with van der Waals surface area (Å²) in [6.07, 6.45) is 1.28. The maximum Gasteiger partial charge on any atom is 0.0332 e. The average molecular weight is 280 g/mol. The Bertz CT molecular complexity index is 359. The third-order valence-electron chi connectivity index (χ3n) is 4.00. The summed E-state index contributed by atoms with van der Waals surface area (Å²) < 4.78 is 0. The Labute approximate surface area is 122 Å². The monoisotopic (exact) mass is 280 g/mol. The third kappa shape index (κ3) is 4.30. The topological polar surface area (TPSA) is 15.3 Å². The first kappa shape index (κ1) is 15.0. The van der Waals surface area contributed by atoms with Crippen molar-refractivity contribution in [2.75, 3.05) is 13.1 Å². The lowest BCUT2D eigenvalue weighted by Crippen LogP contribution is -2.57. The SMILES string of the molecule is CC(C)CC1CN(Cc2cccs2)C(C(C)C)CN1. The molecule has 1 fully saturated rings. The zero-order chi connectivity index (χ0) is 13.8. The van der Waals surface area contributed by atoms with Crippen LogP contribution in [0.5, 0.6) is 0 Å². The quantitative estimate of drug-likeness (QED) is 0.886. The van der Waals surface area contributed by atoms with Crippen LogP contribution >= 0.6 is 11.3 Å². The summed E-state index contributed by atoms with van der Waals surface area (Å²) in [6, 6.07) is 5.76. The van der Waals surface area contributed by atoms with E-state index in [1.807, 2.05) is 11.3 Å². The fourth-order valence-corrected chi connectivity index (χ4v) is 3.80. The van der Waals surface area contributed by atoms with Gasteiger partial charge in [0.1, 0.15) is 0 Å². The molecule has 3 heteroatoms. The van der Waals surface area contributed by atoms with Crippen LogP contribution in [-0.4, -0.2) is 30.1 Å². The Morgan fingerprint density at radius 2 is 2.16 bits per heavy atom. The summed E-state index contributed by atoms with van der Waals surface area (Å²) in [5.41, 5.74) is 0. The van der Waals surface area contributed by atoms with Crippen LogP contribution in [0.2, 0.25) is 0 Å². The van der Waals surface area contributed by atoms with Gasteiger partial charge in [0, 0.05) is 36.6 Å². The van der Waals surface area contributed by atoms with Gasteiger partial charge in [0.15, 0.2) is 0 Å². The molecule has 1 aliphatic heterocycles. The lowest BCUT2D eigenvalue weighted by Gasteiger charge is -2.42. The molecule has 0 bridgehead atoms. The number of thiophene rings is 1. The molecular formula is C16H28N2S. The summed E-state index contributed by atoms with van der Waals surface area (Å²) in [5.74, 6) is 1.49. The smallest absolute Gasteiger partial charge is 0.0332 e. The Morgan fingerprint density at radius 3 is 2.74 bits per heavy atom. The molecule has 108 valence electrons. The van der Waals surface area contributed by atoms with E-state index in [-0.39, 0.29) is 0 Å². The minimum atomic E-state index is 0.662. The first-order valence-corrected chi connectivity index (χ1v) is 8.44. The molecular weight excluding hydrogens is 252 g/mol. The predicted molar refractivity (Wildman–Crippen MR) is 84.6 cm³/mol. The van der Waals surface area contributed by atoms with Gasteiger partial charge in [0.25, 0.3) is 0 Å². The first-order valence-electron chi connectivity index (χ1n) is 7.56. The normalized spacial score (nSPS) is 25.4. The highest BCUT2D eigenvalue weighted by atomic mass is 32.1. The van der Waals surface area contributed by atoms with Gasteiger partial charge < -0.3 is 5.32 Å². The summed E-state index contributed by atoms with van der Waals surface area (Å²) in [7, 11) is 0. The van der Waals surface area contributed by atoms with Gasteiger partial charge in [-0.2, -0.15) is 0 Å². The molecule has 0 aliphatic carbocycles. The van der Waals surface area contributed by atoms with Gasteiger partial charge in [0.05, 0.1) is 0 Å². The lowest BCUT2D eigenvalue weighted by molar-refractivity contribution is 0.0862. The van der Waals surface area contributed by atoms with Crippen LogP contribution in [0.25, 0.3) is 0 Å². The Kier molecular flexibility index (Phi) is 5.43. The number of nitrogens with zero attached hydrogens (tertiary/aromatic N) is 1. The molecule has 1 aliphatic rings. The molecule has 1 saturated heterocycles. The van der Waals surface area contributed by atoms with E-state index in [4.69, 9.17) is 0 Å². The van der Waals surface area contributed by atoms with Crippen molar-refractivity contribution >= 4 is 11.3 Å². The molecule has 0 radical (unpaired) electrons. The molecule has 2 heterocycles. The Balaban J connectivity index is 2.00. The van der Waals surface area contributed by atoms with E-state index in [1.165, 1.54) is 17.8 Å². The van der Waals surface area contributed by atoms with Gasteiger partial charge in [-0.1, -0.05) is 33.8 Å². The zero-order valence-corrected chi connectivity index (χ0v) is 13.5. The molecule has 1 aromatic rings. The van der Waals surface area contributed by atoms with Crippen LogP contribution in [0.1, 0.15) is 39.0 Å². The van der Waals surface area contributed by atoms with Crippen LogP contribution in [0.15, 0.2) is 17.5 Å². The van der Waals surface area contributed by atoms with Gasteiger partial charge in [-0.15, -0.1) is 11.3 Å². The van der Waals surface area contributed by atoms with Crippen molar-refractivity contribution in [1.29, 1.82) is 0 Å². The van der Waals surface area contributed by atoms with Crippen LogP contribution < -0.4 is 5.32 Å². The maximum absolute atomic E-state index is 3.75. The highest BCUT2D eigenvalue weighted by molar-refractivity contribution is 7.09. The second-order valence-corrected chi connectivity index (χ2v) is 7.59. The van der Waals surface area contributed by atoms with E-state index in [0.29, 0.717) is 18.0 Å². The minimum absolute atomic E-state index is 0.662. The van der Waals surface area contributed by atoms with Gasteiger partial charge in [-0.25, -0.2) is 0 Å². The minimum Gasteiger partial charge on any atom is -0.311 e. The van der Waals surface area contributed by atoms with E-state index in [2.05, 4.69) is 55.4 Å². The van der Waals surface area contributed by atoms with Crippen molar-refractivity contribution in [2.45, 2.75) is 52.7 Å². The Hall–Kier alpha value is -0.380.